The van der Waals surface area contributed by atoms with Gasteiger partial charge in [0.2, 0.25) is 11.7 Å². The van der Waals surface area contributed by atoms with Crippen molar-refractivity contribution in [2.24, 2.45) is 0 Å². The van der Waals surface area contributed by atoms with Crippen molar-refractivity contribution < 1.29 is 19.1 Å². The number of carboxylic acids is 1. The number of hydrogen-bond donors (Lipinski definition) is 2. The molecule has 1 rings (SSSR count). The number of carboxylic acid groups (broad SMARTS) is 1. The van der Waals surface area contributed by atoms with Crippen LogP contribution in [0.15, 0.2) is 21.6 Å². The number of furan rings is 1. The van der Waals surface area contributed by atoms with Crippen molar-refractivity contribution in [2.75, 3.05) is 5.75 Å². The lowest BCUT2D eigenvalue weighted by molar-refractivity contribution is -0.119. The highest BCUT2D eigenvalue weighted by molar-refractivity contribution is 7.99. The second-order valence-corrected chi connectivity index (χ2v) is 5.66. The van der Waals surface area contributed by atoms with E-state index in [4.69, 9.17) is 9.52 Å². The number of rotatable bonds is 9. The van der Waals surface area contributed by atoms with Gasteiger partial charge < -0.3 is 14.8 Å². The van der Waals surface area contributed by atoms with Gasteiger partial charge in [0.05, 0.1) is 5.75 Å². The van der Waals surface area contributed by atoms with E-state index < -0.39 is 5.97 Å². The highest BCUT2D eigenvalue weighted by atomic mass is 32.2. The number of carbonyl (C=O) groups excluding carboxylic acids is 1. The lowest BCUT2D eigenvalue weighted by Gasteiger charge is -2.12. The summed E-state index contributed by atoms with van der Waals surface area (Å²) in [6.07, 6.45) is 4.44. The van der Waals surface area contributed by atoms with E-state index >= 15 is 0 Å². The van der Waals surface area contributed by atoms with Crippen LogP contribution < -0.4 is 5.32 Å². The zero-order chi connectivity index (χ0) is 15.0. The molecule has 1 aromatic heterocycles. The van der Waals surface area contributed by atoms with Gasteiger partial charge in [-0.15, -0.1) is 0 Å². The van der Waals surface area contributed by atoms with Crippen LogP contribution in [-0.2, 0) is 4.79 Å². The summed E-state index contributed by atoms with van der Waals surface area (Å²) in [5.41, 5.74) is 0. The van der Waals surface area contributed by atoms with Crippen LogP contribution in [0.2, 0.25) is 0 Å². The van der Waals surface area contributed by atoms with Gasteiger partial charge in [0.15, 0.2) is 5.09 Å². The highest BCUT2D eigenvalue weighted by Gasteiger charge is 2.12. The molecule has 0 aliphatic heterocycles. The molecule has 0 saturated heterocycles. The van der Waals surface area contributed by atoms with Crippen molar-refractivity contribution in [3.63, 3.8) is 0 Å². The van der Waals surface area contributed by atoms with Crippen LogP contribution in [0.1, 0.15) is 50.1 Å². The van der Waals surface area contributed by atoms with Crippen LogP contribution in [0.4, 0.5) is 0 Å². The lowest BCUT2D eigenvalue weighted by atomic mass is 10.1. The SMILES string of the molecule is CCCCCC(C)NC(=O)CSc1ccc(C(=O)O)o1. The second kappa shape index (κ2) is 8.68. The molecule has 0 aromatic carbocycles. The van der Waals surface area contributed by atoms with Crippen LogP contribution in [0.3, 0.4) is 0 Å². The third-order valence-electron chi connectivity index (χ3n) is 2.79. The average Bonchev–Trinajstić information content (AvgIpc) is 2.85. The molecule has 0 saturated carbocycles. The Morgan fingerprint density at radius 1 is 1.40 bits per heavy atom. The Balaban J connectivity index is 2.26. The van der Waals surface area contributed by atoms with Crippen molar-refractivity contribution in [2.45, 2.75) is 50.7 Å². The Kier molecular flexibility index (Phi) is 7.22. The van der Waals surface area contributed by atoms with Gasteiger partial charge >= 0.3 is 5.97 Å². The van der Waals surface area contributed by atoms with E-state index in [1.807, 2.05) is 6.92 Å². The van der Waals surface area contributed by atoms with Crippen molar-refractivity contribution >= 4 is 23.6 Å². The molecule has 5 nitrogen and oxygen atoms in total. The first kappa shape index (κ1) is 16.6. The number of aromatic carboxylic acids is 1. The van der Waals surface area contributed by atoms with E-state index in [0.29, 0.717) is 5.09 Å². The normalized spacial score (nSPS) is 12.1. The summed E-state index contributed by atoms with van der Waals surface area (Å²) in [5, 5.41) is 12.1. The molecule has 6 heteroatoms. The van der Waals surface area contributed by atoms with E-state index in [-0.39, 0.29) is 23.5 Å². The number of hydrogen-bond acceptors (Lipinski definition) is 4. The van der Waals surface area contributed by atoms with Crippen molar-refractivity contribution in [3.8, 4) is 0 Å². The minimum absolute atomic E-state index is 0.0627. The summed E-state index contributed by atoms with van der Waals surface area (Å²) in [6.45, 7) is 4.14. The van der Waals surface area contributed by atoms with Crippen LogP contribution in [0, 0.1) is 0 Å². The zero-order valence-corrected chi connectivity index (χ0v) is 12.7. The summed E-state index contributed by atoms with van der Waals surface area (Å²) >= 11 is 1.20. The van der Waals surface area contributed by atoms with Gasteiger partial charge in [0.1, 0.15) is 0 Å². The fourth-order valence-corrected chi connectivity index (χ4v) is 2.41. The molecule has 0 aliphatic carbocycles. The highest BCUT2D eigenvalue weighted by Crippen LogP contribution is 2.20. The van der Waals surface area contributed by atoms with Gasteiger partial charge in [0.25, 0.3) is 0 Å². The van der Waals surface area contributed by atoms with Crippen LogP contribution >= 0.6 is 11.8 Å². The summed E-state index contributed by atoms with van der Waals surface area (Å²) in [4.78, 5) is 22.4. The van der Waals surface area contributed by atoms with E-state index in [9.17, 15) is 9.59 Å². The van der Waals surface area contributed by atoms with Crippen molar-refractivity contribution in [3.05, 3.63) is 17.9 Å². The van der Waals surface area contributed by atoms with Crippen LogP contribution in [-0.4, -0.2) is 28.8 Å². The molecule has 2 N–H and O–H groups in total. The molecular formula is C14H21NO4S. The fraction of sp³-hybridized carbons (Fsp3) is 0.571. The molecule has 1 atom stereocenters. The quantitative estimate of drug-likeness (QED) is 0.541. The van der Waals surface area contributed by atoms with Gasteiger partial charge in [-0.2, -0.15) is 0 Å². The Bertz CT molecular complexity index is 444. The molecule has 0 bridgehead atoms. The molecular weight excluding hydrogens is 278 g/mol. The van der Waals surface area contributed by atoms with Crippen molar-refractivity contribution in [1.29, 1.82) is 0 Å². The first-order valence-corrected chi connectivity index (χ1v) is 7.76. The molecule has 20 heavy (non-hydrogen) atoms. The lowest BCUT2D eigenvalue weighted by Crippen LogP contribution is -2.33. The Morgan fingerprint density at radius 3 is 2.75 bits per heavy atom. The first-order valence-electron chi connectivity index (χ1n) is 6.78. The largest absolute Gasteiger partial charge is 0.475 e. The van der Waals surface area contributed by atoms with Crippen LogP contribution in [0.5, 0.6) is 0 Å². The standard InChI is InChI=1S/C14H21NO4S/c1-3-4-5-6-10(2)15-12(16)9-20-13-8-7-11(19-13)14(17)18/h7-8,10H,3-6,9H2,1-2H3,(H,15,16)(H,17,18). The molecule has 1 unspecified atom stereocenters. The molecule has 1 aromatic rings. The Hall–Kier alpha value is -1.43. The number of carbonyl (C=O) groups is 2. The molecule has 0 fully saturated rings. The minimum atomic E-state index is -1.11. The maximum absolute atomic E-state index is 11.7. The van der Waals surface area contributed by atoms with Gasteiger partial charge in [-0.1, -0.05) is 37.9 Å². The van der Waals surface area contributed by atoms with E-state index in [0.717, 1.165) is 12.8 Å². The average molecular weight is 299 g/mol. The predicted molar refractivity (Wildman–Crippen MR) is 78.1 cm³/mol. The maximum Gasteiger partial charge on any atom is 0.371 e. The van der Waals surface area contributed by atoms with Crippen LogP contribution in [0.25, 0.3) is 0 Å². The third kappa shape index (κ3) is 6.14. The van der Waals surface area contributed by atoms with E-state index in [2.05, 4.69) is 12.2 Å². The Morgan fingerprint density at radius 2 is 2.15 bits per heavy atom. The van der Waals surface area contributed by atoms with Gasteiger partial charge in [-0.05, 0) is 25.5 Å². The minimum Gasteiger partial charge on any atom is -0.475 e. The number of amides is 1. The van der Waals surface area contributed by atoms with Gasteiger partial charge in [-0.25, -0.2) is 4.79 Å². The maximum atomic E-state index is 11.7. The van der Waals surface area contributed by atoms with E-state index in [1.165, 1.54) is 30.7 Å². The molecule has 1 amide bonds. The summed E-state index contributed by atoms with van der Waals surface area (Å²) in [6, 6.07) is 3.11. The first-order chi connectivity index (χ1) is 9.52. The van der Waals surface area contributed by atoms with Crippen molar-refractivity contribution in [1.82, 2.24) is 5.32 Å². The molecule has 112 valence electrons. The summed E-state index contributed by atoms with van der Waals surface area (Å²) < 4.78 is 5.06. The Labute approximate surface area is 123 Å². The number of thioether (sulfide) groups is 1. The molecule has 1 heterocycles. The smallest absolute Gasteiger partial charge is 0.371 e. The predicted octanol–water partition coefficient (Wildman–Crippen LogP) is 3.15. The fourth-order valence-electron chi connectivity index (χ4n) is 1.74. The molecule has 0 spiro atoms. The topological polar surface area (TPSA) is 79.5 Å². The number of unbranched alkanes of at least 4 members (excludes halogenated alkanes) is 2. The second-order valence-electron chi connectivity index (χ2n) is 4.68. The number of nitrogens with one attached hydrogen (secondary N) is 1. The summed E-state index contributed by atoms with van der Waals surface area (Å²) in [7, 11) is 0. The molecule has 0 aliphatic rings. The van der Waals surface area contributed by atoms with Gasteiger partial charge in [-0.3, -0.25) is 4.79 Å². The summed E-state index contributed by atoms with van der Waals surface area (Å²) in [5.74, 6) is -1.05. The monoisotopic (exact) mass is 299 g/mol. The van der Waals surface area contributed by atoms with Gasteiger partial charge in [0, 0.05) is 6.04 Å². The molecule has 0 radical (unpaired) electrons. The van der Waals surface area contributed by atoms with E-state index in [1.54, 1.807) is 6.07 Å². The zero-order valence-electron chi connectivity index (χ0n) is 11.8. The third-order valence-corrected chi connectivity index (χ3v) is 3.70.